The molecule has 0 N–H and O–H groups in total. The van der Waals surface area contributed by atoms with E-state index in [2.05, 4.69) is 10.2 Å². The predicted octanol–water partition coefficient (Wildman–Crippen LogP) is 5.23. The van der Waals surface area contributed by atoms with Crippen molar-refractivity contribution in [3.05, 3.63) is 99.8 Å². The third kappa shape index (κ3) is 3.81. The first-order valence-electron chi connectivity index (χ1n) is 10.6. The molecule has 3 aromatic carbocycles. The zero-order chi connectivity index (χ0) is 23.8. The van der Waals surface area contributed by atoms with Gasteiger partial charge in [-0.1, -0.05) is 48.2 Å². The summed E-state index contributed by atoms with van der Waals surface area (Å²) < 4.78 is 36.6. The molecule has 5 aromatic rings. The number of rotatable bonds is 6. The number of hydrogen-bond acceptors (Lipinski definition) is 5. The van der Waals surface area contributed by atoms with Gasteiger partial charge in [0.05, 0.1) is 24.6 Å². The molecule has 1 unspecified atom stereocenters. The first-order valence-corrected chi connectivity index (χ1v) is 11.5. The Balaban J connectivity index is 1.66. The Kier molecular flexibility index (Phi) is 5.79. The summed E-state index contributed by atoms with van der Waals surface area (Å²) in [6, 6.07) is 18.2. The Morgan fingerprint density at radius 2 is 1.79 bits per heavy atom. The van der Waals surface area contributed by atoms with Crippen molar-refractivity contribution in [2.45, 2.75) is 23.9 Å². The quantitative estimate of drug-likeness (QED) is 0.313. The molecule has 0 radical (unpaired) electrons. The molecular weight excluding hydrogens is 458 g/mol. The highest BCUT2D eigenvalue weighted by Gasteiger charge is 2.21. The van der Waals surface area contributed by atoms with Crippen LogP contribution in [0.1, 0.15) is 23.3 Å². The van der Waals surface area contributed by atoms with Crippen LogP contribution >= 0.6 is 11.8 Å². The summed E-state index contributed by atoms with van der Waals surface area (Å²) in [5.74, 6) is -0.219. The van der Waals surface area contributed by atoms with Gasteiger partial charge < -0.3 is 4.74 Å². The lowest BCUT2D eigenvalue weighted by molar-refractivity contribution is 0.408. The fraction of sp³-hybridized carbons (Fsp3) is 0.160. The molecular formula is C25H20F2N4O2S. The molecule has 0 saturated heterocycles. The Hall–Kier alpha value is -3.72. The third-order valence-corrected chi connectivity index (χ3v) is 6.76. The molecule has 0 aliphatic heterocycles. The molecule has 0 bridgehead atoms. The fourth-order valence-electron chi connectivity index (χ4n) is 4.01. The molecule has 0 aliphatic carbocycles. The molecule has 0 fully saturated rings. The van der Waals surface area contributed by atoms with Crippen LogP contribution in [0.15, 0.2) is 76.7 Å². The highest BCUT2D eigenvalue weighted by Crippen LogP contribution is 2.36. The summed E-state index contributed by atoms with van der Waals surface area (Å²) in [4.78, 5) is 13.4. The highest BCUT2D eigenvalue weighted by atomic mass is 32.2. The average Bonchev–Trinajstić information content (AvgIpc) is 3.25. The maximum absolute atomic E-state index is 14.4. The summed E-state index contributed by atoms with van der Waals surface area (Å²) in [5.41, 5.74) is 1.63. The minimum Gasteiger partial charge on any atom is -0.496 e. The Bertz CT molecular complexity index is 1580. The van der Waals surface area contributed by atoms with Crippen LogP contribution in [0, 0.1) is 11.6 Å². The highest BCUT2D eigenvalue weighted by molar-refractivity contribution is 7.99. The van der Waals surface area contributed by atoms with E-state index in [0.717, 1.165) is 11.6 Å². The summed E-state index contributed by atoms with van der Waals surface area (Å²) in [6.45, 7) is 2.05. The number of halogens is 2. The van der Waals surface area contributed by atoms with Crippen LogP contribution in [0.25, 0.3) is 16.7 Å². The van der Waals surface area contributed by atoms with Crippen LogP contribution in [0.3, 0.4) is 0 Å². The summed E-state index contributed by atoms with van der Waals surface area (Å²) in [5, 5.41) is 9.29. The molecule has 0 saturated carbocycles. The van der Waals surface area contributed by atoms with Gasteiger partial charge >= 0.3 is 0 Å². The van der Waals surface area contributed by atoms with Gasteiger partial charge in [-0.25, -0.2) is 8.78 Å². The van der Waals surface area contributed by atoms with Crippen LogP contribution in [-0.4, -0.2) is 26.3 Å². The summed E-state index contributed by atoms with van der Waals surface area (Å²) >= 11 is 1.28. The standard InChI is InChI=1S/C25H20F2N4O2S/c1-15(18-12-11-17(26)13-20(18)27)34-25-29-28-24-30(14-16-7-3-6-10-22(16)33-2)23(32)19-8-4-5-9-21(19)31(24)25/h3-13,15H,14H2,1-2H3. The van der Waals surface area contributed by atoms with E-state index in [9.17, 15) is 13.6 Å². The number of para-hydroxylation sites is 2. The normalized spacial score (nSPS) is 12.4. The van der Waals surface area contributed by atoms with Crippen molar-refractivity contribution in [3.63, 3.8) is 0 Å². The number of ether oxygens (including phenoxy) is 1. The van der Waals surface area contributed by atoms with Crippen LogP contribution in [-0.2, 0) is 6.54 Å². The van der Waals surface area contributed by atoms with E-state index < -0.39 is 11.6 Å². The smallest absolute Gasteiger partial charge is 0.263 e. The second kappa shape index (κ2) is 8.90. The van der Waals surface area contributed by atoms with E-state index in [-0.39, 0.29) is 17.4 Å². The monoisotopic (exact) mass is 478 g/mol. The Morgan fingerprint density at radius 1 is 1.03 bits per heavy atom. The molecule has 0 spiro atoms. The Labute approximate surface area is 197 Å². The van der Waals surface area contributed by atoms with Gasteiger partial charge in [0.25, 0.3) is 5.56 Å². The van der Waals surface area contributed by atoms with Gasteiger partial charge in [-0.2, -0.15) is 0 Å². The number of aromatic nitrogens is 4. The van der Waals surface area contributed by atoms with E-state index in [0.29, 0.717) is 33.1 Å². The average molecular weight is 479 g/mol. The molecule has 6 nitrogen and oxygen atoms in total. The lowest BCUT2D eigenvalue weighted by Crippen LogP contribution is -2.24. The lowest BCUT2D eigenvalue weighted by atomic mass is 10.1. The van der Waals surface area contributed by atoms with Crippen molar-refractivity contribution in [2.75, 3.05) is 7.11 Å². The van der Waals surface area contributed by atoms with E-state index in [1.54, 1.807) is 28.2 Å². The van der Waals surface area contributed by atoms with Crippen molar-refractivity contribution in [3.8, 4) is 5.75 Å². The maximum Gasteiger partial charge on any atom is 0.263 e. The maximum atomic E-state index is 14.4. The van der Waals surface area contributed by atoms with Gasteiger partial charge in [0, 0.05) is 22.4 Å². The minimum absolute atomic E-state index is 0.199. The Morgan fingerprint density at radius 3 is 2.59 bits per heavy atom. The molecule has 172 valence electrons. The number of thioether (sulfide) groups is 1. The number of fused-ring (bicyclic) bond motifs is 3. The van der Waals surface area contributed by atoms with Crippen molar-refractivity contribution >= 4 is 28.4 Å². The first-order chi connectivity index (χ1) is 16.5. The van der Waals surface area contributed by atoms with Crippen molar-refractivity contribution in [2.24, 2.45) is 0 Å². The van der Waals surface area contributed by atoms with Crippen molar-refractivity contribution < 1.29 is 13.5 Å². The van der Waals surface area contributed by atoms with Crippen LogP contribution in [0.5, 0.6) is 5.75 Å². The van der Waals surface area contributed by atoms with Gasteiger partial charge in [-0.3, -0.25) is 13.8 Å². The van der Waals surface area contributed by atoms with Gasteiger partial charge in [-0.05, 0) is 31.2 Å². The predicted molar refractivity (Wildman–Crippen MR) is 127 cm³/mol. The molecule has 9 heteroatoms. The summed E-state index contributed by atoms with van der Waals surface area (Å²) in [6.07, 6.45) is 0. The molecule has 0 amide bonds. The molecule has 1 atom stereocenters. The summed E-state index contributed by atoms with van der Waals surface area (Å²) in [7, 11) is 1.58. The second-order valence-electron chi connectivity index (χ2n) is 7.76. The largest absolute Gasteiger partial charge is 0.496 e. The van der Waals surface area contributed by atoms with Crippen molar-refractivity contribution in [1.29, 1.82) is 0 Å². The zero-order valence-electron chi connectivity index (χ0n) is 18.4. The molecule has 5 rings (SSSR count). The lowest BCUT2D eigenvalue weighted by Gasteiger charge is -2.15. The zero-order valence-corrected chi connectivity index (χ0v) is 19.2. The number of benzene rings is 3. The van der Waals surface area contributed by atoms with Crippen LogP contribution in [0.2, 0.25) is 0 Å². The van der Waals surface area contributed by atoms with Crippen molar-refractivity contribution in [1.82, 2.24) is 19.2 Å². The van der Waals surface area contributed by atoms with E-state index in [1.165, 1.54) is 23.9 Å². The molecule has 2 aromatic heterocycles. The fourth-order valence-corrected chi connectivity index (χ4v) is 5.02. The van der Waals surface area contributed by atoms with Gasteiger partial charge in [-0.15, -0.1) is 10.2 Å². The van der Waals surface area contributed by atoms with E-state index in [4.69, 9.17) is 4.74 Å². The van der Waals surface area contributed by atoms with E-state index in [1.807, 2.05) is 43.3 Å². The topological polar surface area (TPSA) is 61.4 Å². The van der Waals surface area contributed by atoms with Crippen LogP contribution < -0.4 is 10.3 Å². The second-order valence-corrected chi connectivity index (χ2v) is 9.07. The molecule has 2 heterocycles. The third-order valence-electron chi connectivity index (χ3n) is 5.68. The van der Waals surface area contributed by atoms with Gasteiger partial charge in [0.15, 0.2) is 5.16 Å². The molecule has 34 heavy (non-hydrogen) atoms. The van der Waals surface area contributed by atoms with Crippen LogP contribution in [0.4, 0.5) is 8.78 Å². The SMILES string of the molecule is COc1ccccc1Cn1c(=O)c2ccccc2n2c(SC(C)c3ccc(F)cc3F)nnc12. The first kappa shape index (κ1) is 22.1. The molecule has 0 aliphatic rings. The van der Waals surface area contributed by atoms with Gasteiger partial charge in [0.2, 0.25) is 5.78 Å². The number of methoxy groups -OCH3 is 1. The van der Waals surface area contributed by atoms with Gasteiger partial charge in [0.1, 0.15) is 17.4 Å². The number of nitrogens with zero attached hydrogens (tertiary/aromatic N) is 4. The number of hydrogen-bond donors (Lipinski definition) is 0. The minimum atomic E-state index is -0.627. The van der Waals surface area contributed by atoms with E-state index >= 15 is 0 Å².